The van der Waals surface area contributed by atoms with Gasteiger partial charge in [-0.1, -0.05) is 18.5 Å². The predicted octanol–water partition coefficient (Wildman–Crippen LogP) is 3.40. The van der Waals surface area contributed by atoms with E-state index in [1.807, 2.05) is 0 Å². The molecule has 0 aromatic heterocycles. The van der Waals surface area contributed by atoms with E-state index in [9.17, 15) is 13.6 Å². The van der Waals surface area contributed by atoms with Crippen LogP contribution in [0.3, 0.4) is 0 Å². The maximum Gasteiger partial charge on any atom is 0.387 e. The number of halogens is 3. The Kier molecular flexibility index (Phi) is 6.59. The minimum Gasteiger partial charge on any atom is -0.434 e. The smallest absolute Gasteiger partial charge is 0.387 e. The van der Waals surface area contributed by atoms with Gasteiger partial charge in [-0.05, 0) is 50.0 Å². The van der Waals surface area contributed by atoms with E-state index in [0.717, 1.165) is 25.9 Å². The van der Waals surface area contributed by atoms with Crippen LogP contribution in [0.1, 0.15) is 30.1 Å². The predicted molar refractivity (Wildman–Crippen MR) is 85.3 cm³/mol. The zero-order valence-electron chi connectivity index (χ0n) is 13.0. The van der Waals surface area contributed by atoms with Crippen molar-refractivity contribution in [2.24, 2.45) is 5.92 Å². The molecule has 128 valence electrons. The first-order valence-electron chi connectivity index (χ1n) is 7.75. The van der Waals surface area contributed by atoms with Crippen LogP contribution in [0, 0.1) is 5.92 Å². The Balaban J connectivity index is 2.04. The Morgan fingerprint density at radius 1 is 1.43 bits per heavy atom. The molecule has 1 heterocycles. The van der Waals surface area contributed by atoms with Gasteiger partial charge in [0.25, 0.3) is 5.91 Å². The lowest BCUT2D eigenvalue weighted by molar-refractivity contribution is -0.0503. The molecule has 1 aliphatic rings. The van der Waals surface area contributed by atoms with Gasteiger partial charge >= 0.3 is 6.61 Å². The van der Waals surface area contributed by atoms with Crippen molar-refractivity contribution in [1.82, 2.24) is 10.2 Å². The molecule has 1 amide bonds. The molecule has 0 unspecified atom stereocenters. The molecule has 2 rings (SSSR count). The quantitative estimate of drug-likeness (QED) is 0.858. The third-order valence-corrected chi connectivity index (χ3v) is 4.21. The number of likely N-dealkylation sites (tertiary alicyclic amines) is 1. The first-order valence-corrected chi connectivity index (χ1v) is 8.13. The van der Waals surface area contributed by atoms with Crippen LogP contribution in [-0.4, -0.2) is 43.6 Å². The van der Waals surface area contributed by atoms with Gasteiger partial charge < -0.3 is 15.0 Å². The number of carbonyl (C=O) groups is 1. The summed E-state index contributed by atoms with van der Waals surface area (Å²) in [5, 5.41) is 3.62. The van der Waals surface area contributed by atoms with Crippen molar-refractivity contribution in [3.05, 3.63) is 28.8 Å². The number of nitrogens with zero attached hydrogens (tertiary/aromatic N) is 1. The fourth-order valence-electron chi connectivity index (χ4n) is 2.73. The highest BCUT2D eigenvalue weighted by molar-refractivity contribution is 6.31. The molecule has 1 fully saturated rings. The van der Waals surface area contributed by atoms with Crippen LogP contribution in [0.5, 0.6) is 5.75 Å². The van der Waals surface area contributed by atoms with Gasteiger partial charge in [0, 0.05) is 18.1 Å². The Hall–Kier alpha value is -1.40. The lowest BCUT2D eigenvalue weighted by atomic mass is 9.96. The molecule has 1 aromatic rings. The van der Waals surface area contributed by atoms with Gasteiger partial charge in [-0.15, -0.1) is 0 Å². The molecule has 7 heteroatoms. The fourth-order valence-corrected chi connectivity index (χ4v) is 2.90. The Morgan fingerprint density at radius 3 is 2.74 bits per heavy atom. The second-order valence-electron chi connectivity index (χ2n) is 5.56. The molecule has 1 N–H and O–H groups in total. The van der Waals surface area contributed by atoms with Crippen molar-refractivity contribution in [1.29, 1.82) is 0 Å². The summed E-state index contributed by atoms with van der Waals surface area (Å²) in [6, 6.07) is 4.12. The summed E-state index contributed by atoms with van der Waals surface area (Å²) in [7, 11) is 0. The molecule has 1 saturated heterocycles. The van der Waals surface area contributed by atoms with Crippen molar-refractivity contribution in [3.8, 4) is 5.75 Å². The number of benzene rings is 1. The van der Waals surface area contributed by atoms with E-state index >= 15 is 0 Å². The number of alkyl halides is 2. The van der Waals surface area contributed by atoms with Crippen LogP contribution < -0.4 is 10.1 Å². The number of piperidine rings is 1. The molecule has 1 aromatic carbocycles. The SMILES string of the molecule is CCNCC1CCN(C(=O)c2cc(Cl)ccc2OC(F)F)CC1. The Bertz CT molecular complexity index is 535. The van der Waals surface area contributed by atoms with Gasteiger partial charge in [0.05, 0.1) is 5.56 Å². The van der Waals surface area contributed by atoms with Gasteiger partial charge in [-0.2, -0.15) is 8.78 Å². The summed E-state index contributed by atoms with van der Waals surface area (Å²) >= 11 is 5.89. The van der Waals surface area contributed by atoms with Crippen molar-refractivity contribution in [2.75, 3.05) is 26.2 Å². The minimum absolute atomic E-state index is 0.0860. The summed E-state index contributed by atoms with van der Waals surface area (Å²) < 4.78 is 29.4. The summed E-state index contributed by atoms with van der Waals surface area (Å²) in [5.41, 5.74) is 0.0860. The number of hydrogen-bond acceptors (Lipinski definition) is 3. The fraction of sp³-hybridized carbons (Fsp3) is 0.562. The number of rotatable bonds is 6. The lowest BCUT2D eigenvalue weighted by Crippen LogP contribution is -2.41. The Labute approximate surface area is 139 Å². The molecular formula is C16H21ClF2N2O2. The zero-order valence-corrected chi connectivity index (χ0v) is 13.8. The zero-order chi connectivity index (χ0) is 16.8. The van der Waals surface area contributed by atoms with E-state index in [1.54, 1.807) is 4.90 Å². The van der Waals surface area contributed by atoms with Gasteiger partial charge in [-0.3, -0.25) is 4.79 Å². The van der Waals surface area contributed by atoms with Gasteiger partial charge in [0.15, 0.2) is 0 Å². The van der Waals surface area contributed by atoms with Crippen molar-refractivity contribution < 1.29 is 18.3 Å². The van der Waals surface area contributed by atoms with Crippen molar-refractivity contribution >= 4 is 17.5 Å². The van der Waals surface area contributed by atoms with Crippen LogP contribution in [0.15, 0.2) is 18.2 Å². The first-order chi connectivity index (χ1) is 11.0. The van der Waals surface area contributed by atoms with Crippen LogP contribution in [-0.2, 0) is 0 Å². The van der Waals surface area contributed by atoms with E-state index in [4.69, 9.17) is 11.6 Å². The van der Waals surface area contributed by atoms with Crippen LogP contribution >= 0.6 is 11.6 Å². The van der Waals surface area contributed by atoms with Gasteiger partial charge in [-0.25, -0.2) is 0 Å². The number of hydrogen-bond donors (Lipinski definition) is 1. The number of ether oxygens (including phenoxy) is 1. The lowest BCUT2D eigenvalue weighted by Gasteiger charge is -2.32. The maximum atomic E-state index is 12.6. The summed E-state index contributed by atoms with van der Waals surface area (Å²) in [5.74, 6) is 0.0874. The van der Waals surface area contributed by atoms with Crippen LogP contribution in [0.4, 0.5) is 8.78 Å². The Morgan fingerprint density at radius 2 is 2.13 bits per heavy atom. The largest absolute Gasteiger partial charge is 0.434 e. The van der Waals surface area contributed by atoms with E-state index in [0.29, 0.717) is 24.0 Å². The van der Waals surface area contributed by atoms with Gasteiger partial charge in [0.2, 0.25) is 0 Å². The van der Waals surface area contributed by atoms with E-state index in [2.05, 4.69) is 17.0 Å². The summed E-state index contributed by atoms with van der Waals surface area (Å²) in [4.78, 5) is 14.3. The number of nitrogens with one attached hydrogen (secondary N) is 1. The average molecular weight is 347 g/mol. The monoisotopic (exact) mass is 346 g/mol. The van der Waals surface area contributed by atoms with E-state index in [1.165, 1.54) is 18.2 Å². The first kappa shape index (κ1) is 17.9. The second kappa shape index (κ2) is 8.45. The second-order valence-corrected chi connectivity index (χ2v) is 6.00. The van der Waals surface area contributed by atoms with Crippen LogP contribution in [0.2, 0.25) is 5.02 Å². The third kappa shape index (κ3) is 5.04. The molecule has 0 saturated carbocycles. The standard InChI is InChI=1S/C16H21ClF2N2O2/c1-2-20-10-11-5-7-21(8-6-11)15(22)13-9-12(17)3-4-14(13)23-16(18)19/h3-4,9,11,16,20H,2,5-8,10H2,1H3. The number of amides is 1. The van der Waals surface area contributed by atoms with Crippen molar-refractivity contribution in [3.63, 3.8) is 0 Å². The summed E-state index contributed by atoms with van der Waals surface area (Å²) in [6.07, 6.45) is 1.79. The topological polar surface area (TPSA) is 41.6 Å². The molecule has 0 bridgehead atoms. The molecule has 0 aliphatic carbocycles. The van der Waals surface area contributed by atoms with Crippen LogP contribution in [0.25, 0.3) is 0 Å². The molecular weight excluding hydrogens is 326 g/mol. The highest BCUT2D eigenvalue weighted by Gasteiger charge is 2.26. The van der Waals surface area contributed by atoms with E-state index in [-0.39, 0.29) is 17.2 Å². The molecule has 23 heavy (non-hydrogen) atoms. The molecule has 4 nitrogen and oxygen atoms in total. The molecule has 0 spiro atoms. The third-order valence-electron chi connectivity index (χ3n) is 3.97. The normalized spacial score (nSPS) is 16.0. The highest BCUT2D eigenvalue weighted by Crippen LogP contribution is 2.27. The van der Waals surface area contributed by atoms with E-state index < -0.39 is 6.61 Å². The maximum absolute atomic E-state index is 12.6. The average Bonchev–Trinajstić information content (AvgIpc) is 2.54. The molecule has 0 radical (unpaired) electrons. The molecule has 0 atom stereocenters. The number of carbonyl (C=O) groups excluding carboxylic acids is 1. The molecule has 1 aliphatic heterocycles. The van der Waals surface area contributed by atoms with Gasteiger partial charge in [0.1, 0.15) is 5.75 Å². The highest BCUT2D eigenvalue weighted by atomic mass is 35.5. The van der Waals surface area contributed by atoms with Crippen molar-refractivity contribution in [2.45, 2.75) is 26.4 Å². The minimum atomic E-state index is -2.98. The summed E-state index contributed by atoms with van der Waals surface area (Å²) in [6.45, 7) is 2.16.